The highest BCUT2D eigenvalue weighted by Crippen LogP contribution is 2.31. The molecule has 0 bridgehead atoms. The molecule has 150 valence electrons. The van der Waals surface area contributed by atoms with E-state index in [4.69, 9.17) is 9.25 Å². The van der Waals surface area contributed by atoms with Crippen molar-refractivity contribution in [3.05, 3.63) is 100 Å². The summed E-state index contributed by atoms with van der Waals surface area (Å²) in [6, 6.07) is 23.3. The van der Waals surface area contributed by atoms with Gasteiger partial charge in [0.2, 0.25) is 0 Å². The maximum Gasteiger partial charge on any atom is 0.363 e. The quantitative estimate of drug-likeness (QED) is 0.423. The highest BCUT2D eigenvalue weighted by Gasteiger charge is 2.19. The van der Waals surface area contributed by atoms with Crippen LogP contribution in [0.4, 0.5) is 5.69 Å². The monoisotopic (exact) mass is 399 g/mol. The minimum atomic E-state index is -0.478. The lowest BCUT2D eigenvalue weighted by Crippen LogP contribution is -2.27. The summed E-state index contributed by atoms with van der Waals surface area (Å²) in [5, 5.41) is 1.90. The van der Waals surface area contributed by atoms with Crippen molar-refractivity contribution in [1.29, 1.82) is 0 Å². The normalized spacial score (nSPS) is 10.7. The van der Waals surface area contributed by atoms with Gasteiger partial charge in [-0.15, -0.1) is 0 Å². The van der Waals surface area contributed by atoms with E-state index in [1.54, 1.807) is 30.3 Å². The maximum atomic E-state index is 12.8. The fourth-order valence-corrected chi connectivity index (χ4v) is 3.32. The summed E-state index contributed by atoms with van der Waals surface area (Å²) in [4.78, 5) is 31.1. The zero-order valence-electron chi connectivity index (χ0n) is 16.8. The molecule has 1 heterocycles. The van der Waals surface area contributed by atoms with Gasteiger partial charge in [0.25, 0.3) is 0 Å². The van der Waals surface area contributed by atoms with Crippen LogP contribution in [-0.2, 0) is 4.84 Å². The summed E-state index contributed by atoms with van der Waals surface area (Å²) in [5.74, 6) is -0.0164. The SMILES string of the molecule is CCN(OC(=O)c1ccccc1)c1cc(C)cc2c(=O)cc(-c3ccccc3)oc12. The number of fused-ring (bicyclic) bond motifs is 1. The highest BCUT2D eigenvalue weighted by molar-refractivity contribution is 5.93. The first-order chi connectivity index (χ1) is 14.6. The molecule has 30 heavy (non-hydrogen) atoms. The standard InChI is InChI=1S/C25H21NO4/c1-3-26(30-25(28)19-12-8-5-9-13-19)21-15-17(2)14-20-22(27)16-23(29-24(20)21)18-10-6-4-7-11-18/h4-16H,3H2,1-2H3. The van der Waals surface area contributed by atoms with Crippen molar-refractivity contribution in [2.75, 3.05) is 11.6 Å². The molecule has 5 heteroatoms. The molecule has 0 atom stereocenters. The molecular weight excluding hydrogens is 378 g/mol. The van der Waals surface area contributed by atoms with E-state index in [2.05, 4.69) is 0 Å². The molecule has 0 unspecified atom stereocenters. The van der Waals surface area contributed by atoms with Crippen molar-refractivity contribution in [3.63, 3.8) is 0 Å². The van der Waals surface area contributed by atoms with Gasteiger partial charge >= 0.3 is 5.97 Å². The van der Waals surface area contributed by atoms with E-state index >= 15 is 0 Å². The van der Waals surface area contributed by atoms with E-state index in [1.165, 1.54) is 11.1 Å². The number of anilines is 1. The molecule has 1 aromatic heterocycles. The van der Waals surface area contributed by atoms with Gasteiger partial charge < -0.3 is 9.25 Å². The van der Waals surface area contributed by atoms with Crippen LogP contribution in [0.3, 0.4) is 0 Å². The second-order valence-corrected chi connectivity index (χ2v) is 6.94. The minimum Gasteiger partial charge on any atom is -0.453 e. The molecule has 0 radical (unpaired) electrons. The summed E-state index contributed by atoms with van der Waals surface area (Å²) in [7, 11) is 0. The molecule has 0 saturated heterocycles. The van der Waals surface area contributed by atoms with Crippen LogP contribution >= 0.6 is 0 Å². The lowest BCUT2D eigenvalue weighted by Gasteiger charge is -2.23. The third kappa shape index (κ3) is 3.82. The Morgan fingerprint density at radius 1 is 0.967 bits per heavy atom. The number of nitrogens with zero attached hydrogens (tertiary/aromatic N) is 1. The second-order valence-electron chi connectivity index (χ2n) is 6.94. The Morgan fingerprint density at radius 2 is 1.63 bits per heavy atom. The van der Waals surface area contributed by atoms with Gasteiger partial charge in [-0.2, -0.15) is 0 Å². The van der Waals surface area contributed by atoms with Crippen molar-refractivity contribution in [2.45, 2.75) is 13.8 Å². The zero-order chi connectivity index (χ0) is 21.1. The summed E-state index contributed by atoms with van der Waals surface area (Å²) in [6.45, 7) is 4.14. The van der Waals surface area contributed by atoms with Gasteiger partial charge in [0.15, 0.2) is 11.0 Å². The molecule has 4 rings (SSSR count). The average Bonchev–Trinajstić information content (AvgIpc) is 2.78. The summed E-state index contributed by atoms with van der Waals surface area (Å²) < 4.78 is 6.15. The topological polar surface area (TPSA) is 59.8 Å². The molecule has 4 aromatic rings. The third-order valence-corrected chi connectivity index (χ3v) is 4.77. The Hall–Kier alpha value is -3.86. The van der Waals surface area contributed by atoms with E-state index in [-0.39, 0.29) is 5.43 Å². The van der Waals surface area contributed by atoms with E-state index in [0.29, 0.717) is 34.5 Å². The van der Waals surface area contributed by atoms with Crippen LogP contribution in [0.1, 0.15) is 22.8 Å². The van der Waals surface area contributed by atoms with Gasteiger partial charge in [-0.25, -0.2) is 9.86 Å². The van der Waals surface area contributed by atoms with Gasteiger partial charge in [0.1, 0.15) is 11.4 Å². The first-order valence-electron chi connectivity index (χ1n) is 9.75. The predicted molar refractivity (Wildman–Crippen MR) is 118 cm³/mol. The predicted octanol–water partition coefficient (Wildman–Crippen LogP) is 5.37. The van der Waals surface area contributed by atoms with Crippen LogP contribution in [0.15, 0.2) is 88.1 Å². The number of benzene rings is 3. The van der Waals surface area contributed by atoms with Crippen LogP contribution in [-0.4, -0.2) is 12.5 Å². The molecule has 0 saturated carbocycles. The number of rotatable bonds is 5. The van der Waals surface area contributed by atoms with E-state index in [9.17, 15) is 9.59 Å². The fraction of sp³-hybridized carbons (Fsp3) is 0.120. The number of hydroxylamine groups is 1. The number of carbonyl (C=O) groups is 1. The molecule has 3 aromatic carbocycles. The van der Waals surface area contributed by atoms with Gasteiger partial charge in [0.05, 0.1) is 17.5 Å². The molecule has 0 spiro atoms. The third-order valence-electron chi connectivity index (χ3n) is 4.77. The molecular formula is C25H21NO4. The van der Waals surface area contributed by atoms with E-state index in [1.807, 2.05) is 56.3 Å². The first-order valence-corrected chi connectivity index (χ1v) is 9.75. The Bertz CT molecular complexity index is 1250. The average molecular weight is 399 g/mol. The summed E-state index contributed by atoms with van der Waals surface area (Å²) >= 11 is 0. The highest BCUT2D eigenvalue weighted by atomic mass is 16.7. The fourth-order valence-electron chi connectivity index (χ4n) is 3.32. The smallest absolute Gasteiger partial charge is 0.363 e. The molecule has 5 nitrogen and oxygen atoms in total. The maximum absolute atomic E-state index is 12.8. The lowest BCUT2D eigenvalue weighted by molar-refractivity contribution is 0.0456. The van der Waals surface area contributed by atoms with Gasteiger partial charge in [-0.3, -0.25) is 4.79 Å². The van der Waals surface area contributed by atoms with Gasteiger partial charge in [0, 0.05) is 11.6 Å². The van der Waals surface area contributed by atoms with E-state index in [0.717, 1.165) is 11.1 Å². The Balaban J connectivity index is 1.83. The Labute approximate surface area is 174 Å². The molecule has 0 aliphatic rings. The van der Waals surface area contributed by atoms with Gasteiger partial charge in [-0.1, -0.05) is 48.5 Å². The van der Waals surface area contributed by atoms with Crippen LogP contribution in [0.5, 0.6) is 0 Å². The second kappa shape index (κ2) is 8.25. The molecule has 0 aliphatic heterocycles. The van der Waals surface area contributed by atoms with Gasteiger partial charge in [-0.05, 0) is 43.7 Å². The number of hydrogen-bond donors (Lipinski definition) is 0. The summed E-state index contributed by atoms with van der Waals surface area (Å²) in [6.07, 6.45) is 0. The van der Waals surface area contributed by atoms with Crippen LogP contribution in [0, 0.1) is 6.92 Å². The molecule has 0 amide bonds. The van der Waals surface area contributed by atoms with Crippen molar-refractivity contribution in [1.82, 2.24) is 0 Å². The van der Waals surface area contributed by atoms with Crippen molar-refractivity contribution < 1.29 is 14.0 Å². The molecule has 0 aliphatic carbocycles. The van der Waals surface area contributed by atoms with Crippen LogP contribution < -0.4 is 10.5 Å². The number of carbonyl (C=O) groups excluding carboxylic acids is 1. The molecule has 0 fully saturated rings. The lowest BCUT2D eigenvalue weighted by atomic mass is 10.1. The Kier molecular flexibility index (Phi) is 5.35. The van der Waals surface area contributed by atoms with Crippen molar-refractivity contribution in [3.8, 4) is 11.3 Å². The number of aryl methyl sites for hydroxylation is 1. The largest absolute Gasteiger partial charge is 0.453 e. The Morgan fingerprint density at radius 3 is 2.30 bits per heavy atom. The zero-order valence-corrected chi connectivity index (χ0v) is 16.8. The molecule has 0 N–H and O–H groups in total. The first kappa shape index (κ1) is 19.5. The minimum absolute atomic E-state index is 0.148. The van der Waals surface area contributed by atoms with E-state index < -0.39 is 5.97 Å². The van der Waals surface area contributed by atoms with Crippen molar-refractivity contribution in [2.24, 2.45) is 0 Å². The summed E-state index contributed by atoms with van der Waals surface area (Å²) in [5.41, 5.74) is 2.88. The van der Waals surface area contributed by atoms with Crippen molar-refractivity contribution >= 4 is 22.6 Å². The van der Waals surface area contributed by atoms with Crippen LogP contribution in [0.2, 0.25) is 0 Å². The number of hydrogen-bond acceptors (Lipinski definition) is 5. The van der Waals surface area contributed by atoms with Crippen LogP contribution in [0.25, 0.3) is 22.3 Å².